The Balaban J connectivity index is 2.27. The molecule has 1 saturated heterocycles. The maximum atomic E-state index is 5.70. The molecule has 1 aromatic rings. The lowest BCUT2D eigenvalue weighted by atomic mass is 9.93. The Bertz CT molecular complexity index is 362. The van der Waals surface area contributed by atoms with Crippen molar-refractivity contribution in [1.29, 1.82) is 0 Å². The Hall–Kier alpha value is -1.09. The molecule has 0 aromatic carbocycles. The summed E-state index contributed by atoms with van der Waals surface area (Å²) in [5.41, 5.74) is 8.33. The Morgan fingerprint density at radius 3 is 3.00 bits per heavy atom. The predicted octanol–water partition coefficient (Wildman–Crippen LogP) is 2.52. The van der Waals surface area contributed by atoms with Crippen LogP contribution in [0.4, 0.5) is 5.82 Å². The Labute approximate surface area is 97.7 Å². The van der Waals surface area contributed by atoms with Crippen molar-refractivity contribution in [2.45, 2.75) is 39.2 Å². The summed E-state index contributed by atoms with van der Waals surface area (Å²) in [6.07, 6.45) is 5.86. The minimum absolute atomic E-state index is 0.548. The van der Waals surface area contributed by atoms with E-state index in [1.807, 2.05) is 12.3 Å². The van der Waals surface area contributed by atoms with E-state index < -0.39 is 0 Å². The second-order valence-electron chi connectivity index (χ2n) is 4.61. The van der Waals surface area contributed by atoms with E-state index >= 15 is 0 Å². The van der Waals surface area contributed by atoms with Crippen LogP contribution in [0.3, 0.4) is 0 Å². The van der Waals surface area contributed by atoms with Crippen molar-refractivity contribution in [3.8, 4) is 0 Å². The molecule has 2 N–H and O–H groups in total. The van der Waals surface area contributed by atoms with Gasteiger partial charge in [-0.2, -0.15) is 0 Å². The van der Waals surface area contributed by atoms with Crippen molar-refractivity contribution in [2.75, 3.05) is 18.8 Å². The lowest BCUT2D eigenvalue weighted by Crippen LogP contribution is -2.33. The SMILES string of the molecule is CCN1CCCC[C@@H]1c1cnc(N)cc1C. The molecule has 1 aromatic heterocycles. The second kappa shape index (κ2) is 4.83. The maximum Gasteiger partial charge on any atom is 0.123 e. The van der Waals surface area contributed by atoms with E-state index in [4.69, 9.17) is 5.73 Å². The molecular formula is C13H21N3. The summed E-state index contributed by atoms with van der Waals surface area (Å²) in [6.45, 7) is 6.70. The normalized spacial score (nSPS) is 22.2. The van der Waals surface area contributed by atoms with Crippen LogP contribution >= 0.6 is 0 Å². The topological polar surface area (TPSA) is 42.2 Å². The van der Waals surface area contributed by atoms with Gasteiger partial charge in [0.05, 0.1) is 0 Å². The summed E-state index contributed by atoms with van der Waals surface area (Å²) in [5.74, 6) is 0.625. The summed E-state index contributed by atoms with van der Waals surface area (Å²) in [6, 6.07) is 2.53. The molecule has 1 atom stereocenters. The molecule has 0 bridgehead atoms. The first kappa shape index (κ1) is 11.4. The van der Waals surface area contributed by atoms with Crippen LogP contribution in [0.25, 0.3) is 0 Å². The van der Waals surface area contributed by atoms with Gasteiger partial charge in [0.1, 0.15) is 5.82 Å². The third-order valence-electron chi connectivity index (χ3n) is 3.55. The van der Waals surface area contributed by atoms with Crippen molar-refractivity contribution >= 4 is 5.82 Å². The number of rotatable bonds is 2. The molecule has 0 radical (unpaired) electrons. The van der Waals surface area contributed by atoms with E-state index in [2.05, 4.69) is 23.7 Å². The van der Waals surface area contributed by atoms with E-state index in [1.54, 1.807) is 0 Å². The minimum atomic E-state index is 0.548. The Kier molecular flexibility index (Phi) is 3.44. The van der Waals surface area contributed by atoms with E-state index in [0.717, 1.165) is 6.54 Å². The van der Waals surface area contributed by atoms with Crippen LogP contribution < -0.4 is 5.73 Å². The molecule has 2 heterocycles. The van der Waals surface area contributed by atoms with Crippen molar-refractivity contribution in [3.05, 3.63) is 23.4 Å². The molecule has 2 rings (SSSR count). The highest BCUT2D eigenvalue weighted by atomic mass is 15.2. The third-order valence-corrected chi connectivity index (χ3v) is 3.55. The number of nitrogen functional groups attached to an aromatic ring is 1. The number of anilines is 1. The van der Waals surface area contributed by atoms with Gasteiger partial charge < -0.3 is 5.73 Å². The summed E-state index contributed by atoms with van der Waals surface area (Å²) in [5, 5.41) is 0. The molecule has 1 aliphatic heterocycles. The van der Waals surface area contributed by atoms with Gasteiger partial charge >= 0.3 is 0 Å². The van der Waals surface area contributed by atoms with Crippen LogP contribution in [0.2, 0.25) is 0 Å². The van der Waals surface area contributed by atoms with Crippen molar-refractivity contribution in [2.24, 2.45) is 0 Å². The van der Waals surface area contributed by atoms with Gasteiger partial charge in [0.2, 0.25) is 0 Å². The summed E-state index contributed by atoms with van der Waals surface area (Å²) in [4.78, 5) is 6.78. The molecule has 0 aliphatic carbocycles. The standard InChI is InChI=1S/C13H21N3/c1-3-16-7-5-4-6-12(16)11-9-15-13(14)8-10(11)2/h8-9,12H,3-7H2,1-2H3,(H2,14,15)/t12-/m1/s1. The molecule has 1 aliphatic rings. The lowest BCUT2D eigenvalue weighted by Gasteiger charge is -2.35. The first-order chi connectivity index (χ1) is 7.72. The van der Waals surface area contributed by atoms with Crippen LogP contribution in [-0.2, 0) is 0 Å². The van der Waals surface area contributed by atoms with Gasteiger partial charge in [-0.1, -0.05) is 13.3 Å². The molecule has 16 heavy (non-hydrogen) atoms. The van der Waals surface area contributed by atoms with Crippen LogP contribution in [0, 0.1) is 6.92 Å². The number of aromatic nitrogens is 1. The van der Waals surface area contributed by atoms with Gasteiger partial charge in [-0.25, -0.2) is 4.98 Å². The van der Waals surface area contributed by atoms with Gasteiger partial charge in [-0.15, -0.1) is 0 Å². The summed E-state index contributed by atoms with van der Waals surface area (Å²) < 4.78 is 0. The molecule has 0 amide bonds. The van der Waals surface area contributed by atoms with Crippen molar-refractivity contribution in [3.63, 3.8) is 0 Å². The summed E-state index contributed by atoms with van der Waals surface area (Å²) >= 11 is 0. The zero-order valence-electron chi connectivity index (χ0n) is 10.2. The fourth-order valence-corrected chi connectivity index (χ4v) is 2.66. The smallest absolute Gasteiger partial charge is 0.123 e. The summed E-state index contributed by atoms with van der Waals surface area (Å²) in [7, 11) is 0. The molecule has 0 spiro atoms. The quantitative estimate of drug-likeness (QED) is 0.831. The largest absolute Gasteiger partial charge is 0.384 e. The molecule has 1 fully saturated rings. The fourth-order valence-electron chi connectivity index (χ4n) is 2.66. The number of piperidine rings is 1. The molecule has 0 saturated carbocycles. The van der Waals surface area contributed by atoms with Crippen LogP contribution in [-0.4, -0.2) is 23.0 Å². The van der Waals surface area contributed by atoms with Gasteiger partial charge in [0.15, 0.2) is 0 Å². The first-order valence-corrected chi connectivity index (χ1v) is 6.18. The highest BCUT2D eigenvalue weighted by molar-refractivity contribution is 5.37. The average molecular weight is 219 g/mol. The molecule has 88 valence electrons. The number of likely N-dealkylation sites (tertiary alicyclic amines) is 1. The number of hydrogen-bond acceptors (Lipinski definition) is 3. The van der Waals surface area contributed by atoms with Crippen LogP contribution in [0.1, 0.15) is 43.4 Å². The Morgan fingerprint density at radius 1 is 1.50 bits per heavy atom. The molecule has 3 nitrogen and oxygen atoms in total. The van der Waals surface area contributed by atoms with E-state index in [9.17, 15) is 0 Å². The number of hydrogen-bond donors (Lipinski definition) is 1. The van der Waals surface area contributed by atoms with Crippen molar-refractivity contribution < 1.29 is 0 Å². The fraction of sp³-hybridized carbons (Fsp3) is 0.615. The van der Waals surface area contributed by atoms with E-state index in [-0.39, 0.29) is 0 Å². The number of nitrogens with two attached hydrogens (primary N) is 1. The molecule has 3 heteroatoms. The number of nitrogens with zero attached hydrogens (tertiary/aromatic N) is 2. The van der Waals surface area contributed by atoms with E-state index in [1.165, 1.54) is 36.9 Å². The van der Waals surface area contributed by atoms with Gasteiger partial charge in [-0.05, 0) is 50.0 Å². The van der Waals surface area contributed by atoms with Gasteiger partial charge in [0, 0.05) is 12.2 Å². The monoisotopic (exact) mass is 219 g/mol. The Morgan fingerprint density at radius 2 is 2.31 bits per heavy atom. The first-order valence-electron chi connectivity index (χ1n) is 6.18. The number of pyridine rings is 1. The third kappa shape index (κ3) is 2.19. The lowest BCUT2D eigenvalue weighted by molar-refractivity contribution is 0.156. The van der Waals surface area contributed by atoms with Crippen LogP contribution in [0.15, 0.2) is 12.3 Å². The average Bonchev–Trinajstić information content (AvgIpc) is 2.29. The zero-order chi connectivity index (χ0) is 11.5. The number of aryl methyl sites for hydroxylation is 1. The van der Waals surface area contributed by atoms with Gasteiger partial charge in [-0.3, -0.25) is 4.90 Å². The highest BCUT2D eigenvalue weighted by Crippen LogP contribution is 2.32. The zero-order valence-corrected chi connectivity index (χ0v) is 10.2. The second-order valence-corrected chi connectivity index (χ2v) is 4.61. The molecular weight excluding hydrogens is 198 g/mol. The highest BCUT2D eigenvalue weighted by Gasteiger charge is 2.23. The van der Waals surface area contributed by atoms with Gasteiger partial charge in [0.25, 0.3) is 0 Å². The van der Waals surface area contributed by atoms with Crippen LogP contribution in [0.5, 0.6) is 0 Å². The predicted molar refractivity (Wildman–Crippen MR) is 67.2 cm³/mol. The minimum Gasteiger partial charge on any atom is -0.384 e. The maximum absolute atomic E-state index is 5.70. The van der Waals surface area contributed by atoms with Crippen molar-refractivity contribution in [1.82, 2.24) is 9.88 Å². The molecule has 0 unspecified atom stereocenters. The van der Waals surface area contributed by atoms with E-state index in [0.29, 0.717) is 11.9 Å².